The fraction of sp³-hybridized carbons (Fsp3) is 0.100. The van der Waals surface area contributed by atoms with Gasteiger partial charge in [-0.1, -0.05) is 35.9 Å². The maximum Gasteiger partial charge on any atom is 0.417 e. The summed E-state index contributed by atoms with van der Waals surface area (Å²) in [6.45, 7) is -0.00543. The molecule has 3 aromatic rings. The van der Waals surface area contributed by atoms with Gasteiger partial charge in [-0.2, -0.15) is 13.2 Å². The lowest BCUT2D eigenvalue weighted by molar-refractivity contribution is -0.137. The minimum atomic E-state index is -4.65. The molecule has 2 aromatic carbocycles. The van der Waals surface area contributed by atoms with Gasteiger partial charge in [0.15, 0.2) is 0 Å². The van der Waals surface area contributed by atoms with Crippen LogP contribution in [0.4, 0.5) is 29.5 Å². The Bertz CT molecular complexity index is 1020. The number of rotatable bonds is 4. The molecule has 0 fully saturated rings. The van der Waals surface area contributed by atoms with Gasteiger partial charge in [0.25, 0.3) is 0 Å². The summed E-state index contributed by atoms with van der Waals surface area (Å²) >= 11 is 5.64. The van der Waals surface area contributed by atoms with Gasteiger partial charge in [-0.15, -0.1) is 0 Å². The van der Waals surface area contributed by atoms with Crippen LogP contribution in [0.3, 0.4) is 0 Å². The van der Waals surface area contributed by atoms with E-state index < -0.39 is 22.8 Å². The largest absolute Gasteiger partial charge is 0.417 e. The average Bonchev–Trinajstić information content (AvgIpc) is 2.67. The van der Waals surface area contributed by atoms with Crippen molar-refractivity contribution in [3.8, 4) is 11.1 Å². The number of aromatic nitrogens is 1. The van der Waals surface area contributed by atoms with Crippen LogP contribution in [0.5, 0.6) is 0 Å². The number of nitrogens with two attached hydrogens (primary N) is 2. The number of hydrogen-bond acceptors (Lipinski definition) is 3. The minimum Gasteiger partial charge on any atom is -0.384 e. The summed E-state index contributed by atoms with van der Waals surface area (Å²) in [6, 6.07) is 13.0. The number of nitrogen functional groups attached to an aromatic ring is 1. The zero-order valence-corrected chi connectivity index (χ0v) is 15.7. The van der Waals surface area contributed by atoms with Crippen LogP contribution >= 0.6 is 11.6 Å². The third-order valence-electron chi connectivity index (χ3n) is 4.25. The molecule has 9 heteroatoms. The summed E-state index contributed by atoms with van der Waals surface area (Å²) in [5.41, 5.74) is 12.3. The Morgan fingerprint density at radius 3 is 2.24 bits per heavy atom. The fourth-order valence-corrected chi connectivity index (χ4v) is 2.98. The van der Waals surface area contributed by atoms with E-state index in [-0.39, 0.29) is 12.2 Å². The van der Waals surface area contributed by atoms with Crippen molar-refractivity contribution in [1.29, 1.82) is 0 Å². The van der Waals surface area contributed by atoms with Crippen molar-refractivity contribution in [3.05, 3.63) is 76.9 Å². The number of urea groups is 1. The third-order valence-corrected chi connectivity index (χ3v) is 4.58. The normalized spacial score (nSPS) is 11.3. The molecule has 0 saturated heterocycles. The van der Waals surface area contributed by atoms with Gasteiger partial charge in [-0.05, 0) is 41.5 Å². The highest BCUT2D eigenvalue weighted by molar-refractivity contribution is 6.31. The predicted molar refractivity (Wildman–Crippen MR) is 106 cm³/mol. The summed E-state index contributed by atoms with van der Waals surface area (Å²) in [5, 5.41) is -0.452. The molecule has 0 aliphatic carbocycles. The molecule has 0 radical (unpaired) electrons. The van der Waals surface area contributed by atoms with E-state index in [2.05, 4.69) is 4.98 Å². The highest BCUT2D eigenvalue weighted by Gasteiger charge is 2.34. The Labute approximate surface area is 169 Å². The van der Waals surface area contributed by atoms with Gasteiger partial charge in [-0.25, -0.2) is 9.78 Å². The molecule has 29 heavy (non-hydrogen) atoms. The molecule has 3 rings (SSSR count). The minimum absolute atomic E-state index is 0.000959. The molecule has 4 N–H and O–H groups in total. The molecular formula is C20H16ClF3N4O. The van der Waals surface area contributed by atoms with Crippen molar-refractivity contribution >= 4 is 29.1 Å². The van der Waals surface area contributed by atoms with Crippen LogP contribution < -0.4 is 16.4 Å². The molecule has 0 saturated carbocycles. The second kappa shape index (κ2) is 8.00. The molecule has 2 amide bonds. The van der Waals surface area contributed by atoms with Gasteiger partial charge in [0.05, 0.1) is 17.1 Å². The fourth-order valence-electron chi connectivity index (χ4n) is 2.76. The van der Waals surface area contributed by atoms with Crippen molar-refractivity contribution in [1.82, 2.24) is 4.98 Å². The molecule has 0 spiro atoms. The van der Waals surface area contributed by atoms with Gasteiger partial charge in [0.1, 0.15) is 5.82 Å². The standard InChI is InChI=1S/C20H16ClF3N4O/c21-17-7-6-15(9-16(17)20(22,23)24)28(19(26)29)11-12-1-3-13(4-2-12)14-5-8-18(25)27-10-14/h1-10H,11H2,(H2,25,27)(H2,26,29). The summed E-state index contributed by atoms with van der Waals surface area (Å²) in [5.74, 6) is 0.406. The molecule has 0 atom stereocenters. The molecule has 5 nitrogen and oxygen atoms in total. The van der Waals surface area contributed by atoms with E-state index in [1.807, 2.05) is 18.2 Å². The summed E-state index contributed by atoms with van der Waals surface area (Å²) < 4.78 is 39.4. The lowest BCUT2D eigenvalue weighted by atomic mass is 10.1. The van der Waals surface area contributed by atoms with Crippen molar-refractivity contribution in [2.75, 3.05) is 10.6 Å². The zero-order chi connectivity index (χ0) is 21.2. The van der Waals surface area contributed by atoms with Crippen molar-refractivity contribution in [3.63, 3.8) is 0 Å². The first-order valence-corrected chi connectivity index (χ1v) is 8.77. The Kier molecular flexibility index (Phi) is 5.65. The molecule has 1 aromatic heterocycles. The van der Waals surface area contributed by atoms with Crippen molar-refractivity contribution in [2.24, 2.45) is 5.73 Å². The van der Waals surface area contributed by atoms with Crippen LogP contribution in [0.2, 0.25) is 5.02 Å². The number of pyridine rings is 1. The van der Waals surface area contributed by atoms with Crippen LogP contribution in [0.1, 0.15) is 11.1 Å². The zero-order valence-electron chi connectivity index (χ0n) is 14.9. The molecule has 0 bridgehead atoms. The van der Waals surface area contributed by atoms with Gasteiger partial charge >= 0.3 is 12.2 Å². The number of halogens is 4. The van der Waals surface area contributed by atoms with E-state index in [9.17, 15) is 18.0 Å². The first-order chi connectivity index (χ1) is 13.6. The number of anilines is 2. The number of alkyl halides is 3. The smallest absolute Gasteiger partial charge is 0.384 e. The molecule has 0 unspecified atom stereocenters. The van der Waals surface area contributed by atoms with E-state index >= 15 is 0 Å². The topological polar surface area (TPSA) is 85.2 Å². The molecule has 150 valence electrons. The van der Waals surface area contributed by atoms with Gasteiger partial charge in [0.2, 0.25) is 0 Å². The average molecular weight is 421 g/mol. The maximum absolute atomic E-state index is 13.1. The summed E-state index contributed by atoms with van der Waals surface area (Å²) in [6.07, 6.45) is -3.02. The second-order valence-electron chi connectivity index (χ2n) is 6.25. The van der Waals surface area contributed by atoms with E-state index in [1.54, 1.807) is 24.4 Å². The first kappa shape index (κ1) is 20.5. The number of carbonyl (C=O) groups is 1. The van der Waals surface area contributed by atoms with E-state index in [0.29, 0.717) is 11.4 Å². The molecule has 0 aliphatic heterocycles. The monoisotopic (exact) mass is 420 g/mol. The van der Waals surface area contributed by atoms with Gasteiger partial charge in [0, 0.05) is 17.4 Å². The number of hydrogen-bond donors (Lipinski definition) is 2. The van der Waals surface area contributed by atoms with Crippen LogP contribution in [-0.4, -0.2) is 11.0 Å². The van der Waals surface area contributed by atoms with Crippen LogP contribution in [0.15, 0.2) is 60.8 Å². The predicted octanol–water partition coefficient (Wildman–Crippen LogP) is 5.09. The number of nitrogens with zero attached hydrogens (tertiary/aromatic N) is 2. The Hall–Kier alpha value is -3.26. The number of carbonyl (C=O) groups excluding carboxylic acids is 1. The van der Waals surface area contributed by atoms with Crippen molar-refractivity contribution in [2.45, 2.75) is 12.7 Å². The Balaban J connectivity index is 1.86. The SMILES string of the molecule is NC(=O)N(Cc1ccc(-c2ccc(N)nc2)cc1)c1ccc(Cl)c(C(F)(F)F)c1. The Morgan fingerprint density at radius 2 is 1.69 bits per heavy atom. The first-order valence-electron chi connectivity index (χ1n) is 8.39. The highest BCUT2D eigenvalue weighted by Crippen LogP contribution is 2.37. The van der Waals surface area contributed by atoms with Crippen LogP contribution in [0.25, 0.3) is 11.1 Å². The van der Waals surface area contributed by atoms with E-state index in [0.717, 1.165) is 28.2 Å². The van der Waals surface area contributed by atoms with Crippen molar-refractivity contribution < 1.29 is 18.0 Å². The molecule has 1 heterocycles. The number of benzene rings is 2. The van der Waals surface area contributed by atoms with E-state index in [4.69, 9.17) is 23.1 Å². The van der Waals surface area contributed by atoms with Crippen LogP contribution in [0, 0.1) is 0 Å². The highest BCUT2D eigenvalue weighted by atomic mass is 35.5. The number of primary amides is 1. The van der Waals surface area contributed by atoms with E-state index in [1.165, 1.54) is 6.07 Å². The molecular weight excluding hydrogens is 405 g/mol. The molecule has 0 aliphatic rings. The summed E-state index contributed by atoms with van der Waals surface area (Å²) in [7, 11) is 0. The quantitative estimate of drug-likeness (QED) is 0.616. The maximum atomic E-state index is 13.1. The lowest BCUT2D eigenvalue weighted by Gasteiger charge is -2.22. The van der Waals surface area contributed by atoms with Crippen LogP contribution in [-0.2, 0) is 12.7 Å². The lowest BCUT2D eigenvalue weighted by Crippen LogP contribution is -2.35. The summed E-state index contributed by atoms with van der Waals surface area (Å²) in [4.78, 5) is 17.0. The third kappa shape index (κ3) is 4.78. The number of amides is 2. The second-order valence-corrected chi connectivity index (χ2v) is 6.66. The van der Waals surface area contributed by atoms with Gasteiger partial charge in [-0.3, -0.25) is 4.90 Å². The Morgan fingerprint density at radius 1 is 1.03 bits per heavy atom. The van der Waals surface area contributed by atoms with Gasteiger partial charge < -0.3 is 11.5 Å².